The summed E-state index contributed by atoms with van der Waals surface area (Å²) in [6.45, 7) is 6.85. The van der Waals surface area contributed by atoms with E-state index in [1.807, 2.05) is 0 Å². The van der Waals surface area contributed by atoms with Crippen LogP contribution in [0.5, 0.6) is 0 Å². The minimum absolute atomic E-state index is 0.297. The molecule has 0 atom stereocenters. The normalized spacial score (nSPS) is 10.9. The van der Waals surface area contributed by atoms with E-state index < -0.39 is 0 Å². The van der Waals surface area contributed by atoms with Crippen molar-refractivity contribution in [2.24, 2.45) is 0 Å². The number of amides is 2. The molecule has 0 aliphatic heterocycles. The van der Waals surface area contributed by atoms with Gasteiger partial charge in [0.25, 0.3) is 0 Å². The van der Waals surface area contributed by atoms with Gasteiger partial charge in [0.05, 0.1) is 13.2 Å². The van der Waals surface area contributed by atoms with Gasteiger partial charge in [0.1, 0.15) is 0 Å². The van der Waals surface area contributed by atoms with Crippen molar-refractivity contribution in [3.63, 3.8) is 0 Å². The molecule has 2 amide bonds. The van der Waals surface area contributed by atoms with Crippen LogP contribution in [0.4, 0.5) is 9.59 Å². The van der Waals surface area contributed by atoms with Gasteiger partial charge in [-0.3, -0.25) is 0 Å². The van der Waals surface area contributed by atoms with Crippen LogP contribution in [0.15, 0.2) is 0 Å². The highest BCUT2D eigenvalue weighted by Gasteiger charge is 2.03. The second kappa shape index (κ2) is 33.7. The Morgan fingerprint density at radius 2 is 0.625 bits per heavy atom. The Balaban J connectivity index is 3.25. The average Bonchev–Trinajstić information content (AvgIpc) is 2.95. The fraction of sp³-hybridized carbons (Fsp3) is 0.941. The van der Waals surface area contributed by atoms with Gasteiger partial charge in [0.15, 0.2) is 0 Å². The van der Waals surface area contributed by atoms with Crippen molar-refractivity contribution in [3.8, 4) is 0 Å². The van der Waals surface area contributed by atoms with Crippen LogP contribution in [0.25, 0.3) is 0 Å². The van der Waals surface area contributed by atoms with Crippen LogP contribution >= 0.6 is 0 Å². The molecule has 0 rings (SSSR count). The molecule has 0 aliphatic rings. The lowest BCUT2D eigenvalue weighted by Gasteiger charge is -2.08. The first-order valence-corrected chi connectivity index (χ1v) is 17.5. The predicted molar refractivity (Wildman–Crippen MR) is 170 cm³/mol. The first-order valence-electron chi connectivity index (χ1n) is 17.5. The van der Waals surface area contributed by atoms with E-state index in [9.17, 15) is 9.59 Å². The molecule has 0 aromatic carbocycles. The van der Waals surface area contributed by atoms with Gasteiger partial charge in [0.2, 0.25) is 0 Å². The van der Waals surface area contributed by atoms with E-state index in [0.29, 0.717) is 26.3 Å². The minimum Gasteiger partial charge on any atom is -0.450 e. The molecule has 40 heavy (non-hydrogen) atoms. The number of alkyl carbamates (subject to hydrolysis) is 2. The molecule has 0 radical (unpaired) electrons. The highest BCUT2D eigenvalue weighted by molar-refractivity contribution is 5.67. The maximum atomic E-state index is 11.8. The number of nitrogens with one attached hydrogen (secondary N) is 2. The molecule has 0 spiro atoms. The molecule has 0 bridgehead atoms. The van der Waals surface area contributed by atoms with E-state index in [4.69, 9.17) is 9.47 Å². The molecule has 6 nitrogen and oxygen atoms in total. The molecule has 0 aliphatic carbocycles. The summed E-state index contributed by atoms with van der Waals surface area (Å²) in [6, 6.07) is 0. The number of unbranched alkanes of at least 4 members (excludes halogenated alkanes) is 23. The molecule has 0 heterocycles. The van der Waals surface area contributed by atoms with Gasteiger partial charge in [-0.25, -0.2) is 9.59 Å². The van der Waals surface area contributed by atoms with Crippen LogP contribution in [-0.2, 0) is 9.47 Å². The molecule has 0 fully saturated rings. The third-order valence-electron chi connectivity index (χ3n) is 7.60. The number of carbonyl (C=O) groups excluding carboxylic acids is 2. The molecule has 2 N–H and O–H groups in total. The van der Waals surface area contributed by atoms with Crippen molar-refractivity contribution in [1.29, 1.82) is 0 Å². The largest absolute Gasteiger partial charge is 0.450 e. The maximum Gasteiger partial charge on any atom is 0.407 e. The molecule has 0 aromatic heterocycles. The Labute approximate surface area is 248 Å². The number of hydrogen-bond acceptors (Lipinski definition) is 4. The summed E-state index contributed by atoms with van der Waals surface area (Å²) >= 11 is 0. The molecular formula is C34H68N2O4. The lowest BCUT2D eigenvalue weighted by Crippen LogP contribution is -2.26. The van der Waals surface area contributed by atoms with Gasteiger partial charge in [-0.05, 0) is 25.7 Å². The van der Waals surface area contributed by atoms with E-state index in [2.05, 4.69) is 24.5 Å². The summed E-state index contributed by atoms with van der Waals surface area (Å²) in [5.41, 5.74) is 0. The van der Waals surface area contributed by atoms with Crippen molar-refractivity contribution in [3.05, 3.63) is 0 Å². The van der Waals surface area contributed by atoms with Crippen LogP contribution in [0.3, 0.4) is 0 Å². The Hall–Kier alpha value is -1.46. The van der Waals surface area contributed by atoms with E-state index in [1.54, 1.807) is 0 Å². The monoisotopic (exact) mass is 569 g/mol. The number of hydrogen-bond donors (Lipinski definition) is 2. The summed E-state index contributed by atoms with van der Waals surface area (Å²) in [5.74, 6) is 0. The molecule has 6 heteroatoms. The van der Waals surface area contributed by atoms with Crippen LogP contribution < -0.4 is 10.6 Å². The van der Waals surface area contributed by atoms with Crippen molar-refractivity contribution in [2.75, 3.05) is 26.3 Å². The van der Waals surface area contributed by atoms with Gasteiger partial charge in [-0.15, -0.1) is 0 Å². The molecular weight excluding hydrogens is 500 g/mol. The number of ether oxygens (including phenoxy) is 2. The summed E-state index contributed by atoms with van der Waals surface area (Å²) in [5, 5.41) is 5.67. The van der Waals surface area contributed by atoms with Gasteiger partial charge >= 0.3 is 12.2 Å². The quantitative estimate of drug-likeness (QED) is 0.0815. The van der Waals surface area contributed by atoms with E-state index in [-0.39, 0.29) is 12.2 Å². The highest BCUT2D eigenvalue weighted by Crippen LogP contribution is 2.12. The van der Waals surface area contributed by atoms with Crippen molar-refractivity contribution >= 4 is 12.2 Å². The number of rotatable bonds is 31. The maximum absolute atomic E-state index is 11.8. The first kappa shape index (κ1) is 38.5. The second-order valence-corrected chi connectivity index (χ2v) is 11.6. The van der Waals surface area contributed by atoms with Gasteiger partial charge < -0.3 is 20.1 Å². The average molecular weight is 569 g/mol. The van der Waals surface area contributed by atoms with Gasteiger partial charge in [-0.2, -0.15) is 0 Å². The Morgan fingerprint density at radius 1 is 0.375 bits per heavy atom. The summed E-state index contributed by atoms with van der Waals surface area (Å²) in [7, 11) is 0. The zero-order valence-electron chi connectivity index (χ0n) is 26.8. The molecule has 0 aromatic rings. The number of carbonyl (C=O) groups is 2. The molecule has 238 valence electrons. The summed E-state index contributed by atoms with van der Waals surface area (Å²) in [6.07, 6.45) is 31.7. The Bertz CT molecular complexity index is 484. The lowest BCUT2D eigenvalue weighted by atomic mass is 10.1. The summed E-state index contributed by atoms with van der Waals surface area (Å²) < 4.78 is 10.5. The zero-order chi connectivity index (χ0) is 29.2. The van der Waals surface area contributed by atoms with E-state index in [0.717, 1.165) is 51.4 Å². The van der Waals surface area contributed by atoms with Crippen LogP contribution in [0.2, 0.25) is 0 Å². The minimum atomic E-state index is -0.297. The second-order valence-electron chi connectivity index (χ2n) is 11.6. The Kier molecular flexibility index (Phi) is 32.5. The van der Waals surface area contributed by atoms with Crippen LogP contribution in [0, 0.1) is 0 Å². The molecule has 0 saturated heterocycles. The molecule has 0 unspecified atom stereocenters. The van der Waals surface area contributed by atoms with Crippen molar-refractivity contribution in [1.82, 2.24) is 10.6 Å². The predicted octanol–water partition coefficient (Wildman–Crippen LogP) is 10.6. The van der Waals surface area contributed by atoms with Crippen molar-refractivity contribution in [2.45, 2.75) is 181 Å². The van der Waals surface area contributed by atoms with Crippen LogP contribution in [0.1, 0.15) is 181 Å². The third kappa shape index (κ3) is 32.8. The fourth-order valence-corrected chi connectivity index (χ4v) is 4.95. The standard InChI is InChI=1S/C34H68N2O4/c1-3-5-7-9-11-13-15-17-19-23-27-31-39-33(37)35-29-25-21-22-26-30-36-34(38)40-32-28-24-20-18-16-14-12-10-8-6-4-2/h3-32H2,1-2H3,(H,35,37)(H,36,38). The fourth-order valence-electron chi connectivity index (χ4n) is 4.95. The van der Waals surface area contributed by atoms with E-state index in [1.165, 1.54) is 116 Å². The van der Waals surface area contributed by atoms with Crippen LogP contribution in [-0.4, -0.2) is 38.5 Å². The topological polar surface area (TPSA) is 76.7 Å². The zero-order valence-corrected chi connectivity index (χ0v) is 26.8. The Morgan fingerprint density at radius 3 is 0.925 bits per heavy atom. The smallest absolute Gasteiger partial charge is 0.407 e. The van der Waals surface area contributed by atoms with Gasteiger partial charge in [0, 0.05) is 13.1 Å². The highest BCUT2D eigenvalue weighted by atomic mass is 16.6. The lowest BCUT2D eigenvalue weighted by molar-refractivity contribution is 0.142. The first-order chi connectivity index (χ1) is 19.7. The third-order valence-corrected chi connectivity index (χ3v) is 7.60. The van der Waals surface area contributed by atoms with E-state index >= 15 is 0 Å². The SMILES string of the molecule is CCCCCCCCCCCCCOC(=O)NCCCCCCNC(=O)OCCCCCCCCCCCCC. The van der Waals surface area contributed by atoms with Gasteiger partial charge in [-0.1, -0.05) is 155 Å². The summed E-state index contributed by atoms with van der Waals surface area (Å²) in [4.78, 5) is 23.5. The van der Waals surface area contributed by atoms with Crippen molar-refractivity contribution < 1.29 is 19.1 Å². The molecule has 0 saturated carbocycles.